The second-order valence-corrected chi connectivity index (χ2v) is 5.71. The molecular weight excluding hydrogens is 457 g/mol. The van der Waals surface area contributed by atoms with Crippen molar-refractivity contribution in [2.24, 2.45) is 4.99 Å². The Morgan fingerprint density at radius 3 is 2.44 bits per heavy atom. The van der Waals surface area contributed by atoms with Crippen molar-refractivity contribution >= 4 is 29.9 Å². The van der Waals surface area contributed by atoms with Crippen LogP contribution in [0, 0.1) is 0 Å². The molecule has 2 aromatic rings. The van der Waals surface area contributed by atoms with Crippen molar-refractivity contribution in [3.05, 3.63) is 54.0 Å². The van der Waals surface area contributed by atoms with E-state index < -0.39 is 0 Å². The fraction of sp³-hybridized carbons (Fsp3) is 0.450. The lowest BCUT2D eigenvalue weighted by atomic mass is 10.1. The largest absolute Gasteiger partial charge is 0.497 e. The van der Waals surface area contributed by atoms with E-state index in [0.717, 1.165) is 43.4 Å². The van der Waals surface area contributed by atoms with Gasteiger partial charge >= 0.3 is 0 Å². The van der Waals surface area contributed by atoms with Crippen LogP contribution in [0.15, 0.2) is 52.1 Å². The van der Waals surface area contributed by atoms with Crippen LogP contribution in [0.5, 0.6) is 5.75 Å². The normalized spacial score (nSPS) is 11.0. The van der Waals surface area contributed by atoms with Crippen molar-refractivity contribution < 1.29 is 13.9 Å². The lowest BCUT2D eigenvalue weighted by Gasteiger charge is -2.12. The second kappa shape index (κ2) is 14.3. The summed E-state index contributed by atoms with van der Waals surface area (Å²) in [5, 5.41) is 6.72. The molecule has 0 aliphatic carbocycles. The van der Waals surface area contributed by atoms with Gasteiger partial charge in [-0.3, -0.25) is 4.99 Å². The smallest absolute Gasteiger partial charge is 0.191 e. The van der Waals surface area contributed by atoms with Crippen molar-refractivity contribution in [1.29, 1.82) is 0 Å². The summed E-state index contributed by atoms with van der Waals surface area (Å²) >= 11 is 0. The molecular formula is C20H30IN3O3. The van der Waals surface area contributed by atoms with E-state index >= 15 is 0 Å². The maximum Gasteiger partial charge on any atom is 0.191 e. The quantitative estimate of drug-likeness (QED) is 0.221. The predicted molar refractivity (Wildman–Crippen MR) is 119 cm³/mol. The highest BCUT2D eigenvalue weighted by Gasteiger charge is 2.01. The highest BCUT2D eigenvalue weighted by atomic mass is 127. The maximum absolute atomic E-state index is 5.36. The summed E-state index contributed by atoms with van der Waals surface area (Å²) in [7, 11) is 1.68. The summed E-state index contributed by atoms with van der Waals surface area (Å²) in [5.41, 5.74) is 1.25. The zero-order valence-electron chi connectivity index (χ0n) is 16.1. The van der Waals surface area contributed by atoms with Crippen LogP contribution in [0.25, 0.3) is 0 Å². The third kappa shape index (κ3) is 9.67. The first-order valence-corrected chi connectivity index (χ1v) is 9.07. The van der Waals surface area contributed by atoms with Gasteiger partial charge in [0.1, 0.15) is 11.5 Å². The average Bonchev–Trinajstić information content (AvgIpc) is 3.19. The average molecular weight is 487 g/mol. The van der Waals surface area contributed by atoms with Crippen LogP contribution in [0.3, 0.4) is 0 Å². The number of rotatable bonds is 11. The number of methoxy groups -OCH3 is 1. The molecule has 2 N–H and O–H groups in total. The minimum absolute atomic E-state index is 0. The highest BCUT2D eigenvalue weighted by molar-refractivity contribution is 14.0. The maximum atomic E-state index is 5.36. The summed E-state index contributed by atoms with van der Waals surface area (Å²) in [4.78, 5) is 4.56. The van der Waals surface area contributed by atoms with Crippen LogP contribution in [0.2, 0.25) is 0 Å². The van der Waals surface area contributed by atoms with Crippen molar-refractivity contribution in [3.8, 4) is 5.75 Å². The van der Waals surface area contributed by atoms with E-state index in [2.05, 4.69) is 27.8 Å². The van der Waals surface area contributed by atoms with Gasteiger partial charge in [-0.1, -0.05) is 12.1 Å². The molecule has 0 radical (unpaired) electrons. The van der Waals surface area contributed by atoms with Gasteiger partial charge in [0.05, 0.1) is 26.5 Å². The number of benzene rings is 1. The lowest BCUT2D eigenvalue weighted by Crippen LogP contribution is -2.39. The van der Waals surface area contributed by atoms with Crippen molar-refractivity contribution in [2.45, 2.75) is 19.8 Å². The van der Waals surface area contributed by atoms with Crippen LogP contribution in [-0.4, -0.2) is 45.9 Å². The van der Waals surface area contributed by atoms with Crippen LogP contribution >= 0.6 is 24.0 Å². The molecule has 1 aromatic heterocycles. The van der Waals surface area contributed by atoms with Crippen LogP contribution in [0.4, 0.5) is 0 Å². The van der Waals surface area contributed by atoms with E-state index in [-0.39, 0.29) is 24.0 Å². The summed E-state index contributed by atoms with van der Waals surface area (Å²) in [6, 6.07) is 12.0. The Balaban J connectivity index is 0.00000364. The monoisotopic (exact) mass is 487 g/mol. The molecule has 0 unspecified atom stereocenters. The molecule has 27 heavy (non-hydrogen) atoms. The molecule has 0 spiro atoms. The Bertz CT molecular complexity index is 630. The first-order chi connectivity index (χ1) is 12.8. The minimum atomic E-state index is 0. The fourth-order valence-electron chi connectivity index (χ4n) is 2.42. The molecule has 0 bridgehead atoms. The van der Waals surface area contributed by atoms with E-state index in [1.54, 1.807) is 13.4 Å². The third-order valence-corrected chi connectivity index (χ3v) is 3.82. The molecule has 150 valence electrons. The molecule has 0 saturated carbocycles. The number of nitrogens with zero attached hydrogens (tertiary/aromatic N) is 1. The molecule has 0 aliphatic heterocycles. The highest BCUT2D eigenvalue weighted by Crippen LogP contribution is 2.11. The summed E-state index contributed by atoms with van der Waals surface area (Å²) in [6.45, 7) is 5.51. The molecule has 2 rings (SSSR count). The molecule has 0 saturated heterocycles. The molecule has 1 aromatic carbocycles. The summed E-state index contributed by atoms with van der Waals surface area (Å²) in [6.07, 6.45) is 3.42. The molecule has 1 heterocycles. The van der Waals surface area contributed by atoms with Gasteiger partial charge in [0.2, 0.25) is 0 Å². The van der Waals surface area contributed by atoms with Crippen LogP contribution in [-0.2, 0) is 17.6 Å². The Labute approximate surface area is 178 Å². The second-order valence-electron chi connectivity index (χ2n) is 5.71. The number of aliphatic imine (C=N–C) groups is 1. The van der Waals surface area contributed by atoms with Gasteiger partial charge in [0, 0.05) is 26.1 Å². The van der Waals surface area contributed by atoms with E-state index in [9.17, 15) is 0 Å². The Kier molecular flexibility index (Phi) is 12.4. The van der Waals surface area contributed by atoms with Gasteiger partial charge in [-0.15, -0.1) is 24.0 Å². The number of ether oxygens (including phenoxy) is 2. The van der Waals surface area contributed by atoms with Gasteiger partial charge in [-0.25, -0.2) is 0 Å². The number of halogens is 1. The number of hydrogen-bond acceptors (Lipinski definition) is 4. The number of hydrogen-bond donors (Lipinski definition) is 2. The zero-order valence-corrected chi connectivity index (χ0v) is 18.4. The standard InChI is InChI=1S/C20H29N3O3.HI/c1-3-25-16-14-23-20(22-13-11-19-5-4-15-26-19)21-12-10-17-6-8-18(24-2)9-7-17;/h4-9,15H,3,10-14,16H2,1-2H3,(H2,21,22,23);1H. The Morgan fingerprint density at radius 2 is 1.81 bits per heavy atom. The summed E-state index contributed by atoms with van der Waals surface area (Å²) < 4.78 is 15.9. The van der Waals surface area contributed by atoms with E-state index in [4.69, 9.17) is 13.9 Å². The number of guanidine groups is 1. The molecule has 0 fully saturated rings. The van der Waals surface area contributed by atoms with Gasteiger partial charge in [0.15, 0.2) is 5.96 Å². The third-order valence-electron chi connectivity index (χ3n) is 3.82. The minimum Gasteiger partial charge on any atom is -0.497 e. The van der Waals surface area contributed by atoms with Crippen molar-refractivity contribution in [1.82, 2.24) is 10.6 Å². The number of furan rings is 1. The zero-order chi connectivity index (χ0) is 18.5. The van der Waals surface area contributed by atoms with E-state index in [1.165, 1.54) is 5.56 Å². The first-order valence-electron chi connectivity index (χ1n) is 9.07. The van der Waals surface area contributed by atoms with Crippen LogP contribution < -0.4 is 15.4 Å². The molecule has 0 atom stereocenters. The van der Waals surface area contributed by atoms with E-state index in [1.807, 2.05) is 31.2 Å². The lowest BCUT2D eigenvalue weighted by molar-refractivity contribution is 0.155. The first kappa shape index (κ1) is 23.3. The summed E-state index contributed by atoms with van der Waals surface area (Å²) in [5.74, 6) is 2.63. The van der Waals surface area contributed by atoms with Gasteiger partial charge in [-0.05, 0) is 43.2 Å². The van der Waals surface area contributed by atoms with Gasteiger partial charge in [-0.2, -0.15) is 0 Å². The molecule has 0 amide bonds. The Hall–Kier alpha value is -1.74. The predicted octanol–water partition coefficient (Wildman–Crippen LogP) is 3.26. The molecule has 0 aliphatic rings. The SMILES string of the molecule is CCOCCN=C(NCCc1ccc(OC)cc1)NCCc1ccco1.I. The van der Waals surface area contributed by atoms with Gasteiger partial charge < -0.3 is 24.5 Å². The molecule has 7 heteroatoms. The topological polar surface area (TPSA) is 68.0 Å². The van der Waals surface area contributed by atoms with Crippen molar-refractivity contribution in [2.75, 3.05) is 40.0 Å². The van der Waals surface area contributed by atoms with Crippen LogP contribution in [0.1, 0.15) is 18.2 Å². The van der Waals surface area contributed by atoms with E-state index in [0.29, 0.717) is 19.8 Å². The van der Waals surface area contributed by atoms with Gasteiger partial charge in [0.25, 0.3) is 0 Å². The number of nitrogens with one attached hydrogen (secondary N) is 2. The molecule has 6 nitrogen and oxygen atoms in total. The van der Waals surface area contributed by atoms with Crippen molar-refractivity contribution in [3.63, 3.8) is 0 Å². The fourth-order valence-corrected chi connectivity index (χ4v) is 2.42. The Morgan fingerprint density at radius 1 is 1.07 bits per heavy atom.